The van der Waals surface area contributed by atoms with Crippen molar-refractivity contribution in [1.29, 1.82) is 0 Å². The zero-order valence-corrected chi connectivity index (χ0v) is 21.6. The number of hydrogen-bond donors (Lipinski definition) is 1. The van der Waals surface area contributed by atoms with E-state index in [0.717, 1.165) is 48.0 Å². The van der Waals surface area contributed by atoms with Gasteiger partial charge in [0.05, 0.1) is 29.9 Å². The number of aromatic hydroxyl groups is 1. The van der Waals surface area contributed by atoms with Gasteiger partial charge in [-0.05, 0) is 58.0 Å². The van der Waals surface area contributed by atoms with E-state index in [1.54, 1.807) is 34.2 Å². The van der Waals surface area contributed by atoms with Crippen LogP contribution in [0.4, 0.5) is 9.52 Å². The second-order valence-electron chi connectivity index (χ2n) is 9.14. The summed E-state index contributed by atoms with van der Waals surface area (Å²) in [7, 11) is 1.53. The number of methoxy groups -OCH3 is 1. The number of halogens is 1. The fraction of sp³-hybridized carbons (Fsp3) is 0.259. The highest BCUT2D eigenvalue weighted by Gasteiger charge is 2.32. The van der Waals surface area contributed by atoms with Gasteiger partial charge in [-0.2, -0.15) is 0 Å². The van der Waals surface area contributed by atoms with Crippen molar-refractivity contribution < 1.29 is 14.2 Å². The van der Waals surface area contributed by atoms with Gasteiger partial charge >= 0.3 is 0 Å². The summed E-state index contributed by atoms with van der Waals surface area (Å²) in [4.78, 5) is 9.48. The van der Waals surface area contributed by atoms with Crippen molar-refractivity contribution in [2.24, 2.45) is 0 Å². The number of phenolic OH excluding ortho intramolecular Hbond substituents is 1. The number of phenols is 1. The van der Waals surface area contributed by atoms with Crippen molar-refractivity contribution in [1.82, 2.24) is 30.1 Å². The average molecular weight is 532 g/mol. The number of thiazole rings is 1. The molecule has 0 spiro atoms. The zero-order chi connectivity index (χ0) is 26.1. The minimum absolute atomic E-state index is 0.0709. The first kappa shape index (κ1) is 24.3. The maximum absolute atomic E-state index is 13.5. The Morgan fingerprint density at radius 2 is 1.82 bits per heavy atom. The summed E-state index contributed by atoms with van der Waals surface area (Å²) in [5.41, 5.74) is 2.81. The largest absolute Gasteiger partial charge is 0.504 e. The highest BCUT2D eigenvalue weighted by molar-refractivity contribution is 7.22. The Bertz CT molecular complexity index is 1510. The lowest BCUT2D eigenvalue weighted by Crippen LogP contribution is -2.48. The van der Waals surface area contributed by atoms with Gasteiger partial charge in [-0.15, -0.1) is 5.10 Å². The highest BCUT2D eigenvalue weighted by Crippen LogP contribution is 2.36. The van der Waals surface area contributed by atoms with Crippen LogP contribution >= 0.6 is 11.3 Å². The van der Waals surface area contributed by atoms with Crippen molar-refractivity contribution in [2.75, 3.05) is 38.2 Å². The van der Waals surface area contributed by atoms with Gasteiger partial charge < -0.3 is 14.7 Å². The Kier molecular flexibility index (Phi) is 6.61. The smallest absolute Gasteiger partial charge is 0.186 e. The number of piperazine rings is 1. The molecule has 194 valence electrons. The topological polar surface area (TPSA) is 92.4 Å². The molecule has 5 aromatic rings. The van der Waals surface area contributed by atoms with E-state index >= 15 is 0 Å². The molecule has 0 aliphatic carbocycles. The van der Waals surface area contributed by atoms with Gasteiger partial charge in [-0.25, -0.2) is 14.1 Å². The number of hydrogen-bond acceptors (Lipinski definition) is 9. The Balaban J connectivity index is 1.30. The first-order chi connectivity index (χ1) is 18.6. The van der Waals surface area contributed by atoms with Crippen molar-refractivity contribution in [3.05, 3.63) is 89.5 Å². The predicted octanol–water partition coefficient (Wildman–Crippen LogP) is 4.10. The van der Waals surface area contributed by atoms with Crippen molar-refractivity contribution in [2.45, 2.75) is 12.6 Å². The number of para-hydroxylation sites is 1. The lowest BCUT2D eigenvalue weighted by Gasteiger charge is -2.38. The monoisotopic (exact) mass is 531 g/mol. The van der Waals surface area contributed by atoms with E-state index < -0.39 is 0 Å². The lowest BCUT2D eigenvalue weighted by molar-refractivity contribution is 0.201. The van der Waals surface area contributed by atoms with Crippen LogP contribution in [0.15, 0.2) is 66.7 Å². The van der Waals surface area contributed by atoms with Crippen LogP contribution in [-0.4, -0.2) is 68.5 Å². The molecule has 1 aliphatic heterocycles. The standard InChI is InChI=1S/C27H26FN7O2S/c1-37-23-16-19(8-11-22(23)36)25(26-30-31-32-35(26)17-18-6-9-20(28)10-7-18)33-12-14-34(15-13-33)27-29-21-4-2-3-5-24(21)38-27/h2-11,16,25,36H,12-15,17H2,1H3/t25-/m0/s1. The molecule has 38 heavy (non-hydrogen) atoms. The first-order valence-corrected chi connectivity index (χ1v) is 13.1. The molecule has 1 N–H and O–H groups in total. The number of aromatic nitrogens is 5. The Hall–Kier alpha value is -4.09. The molecule has 0 saturated carbocycles. The molecule has 0 radical (unpaired) electrons. The van der Waals surface area contributed by atoms with Crippen molar-refractivity contribution in [3.8, 4) is 11.5 Å². The Morgan fingerprint density at radius 1 is 1.03 bits per heavy atom. The van der Waals surface area contributed by atoms with Crippen LogP contribution < -0.4 is 9.64 Å². The Labute approximate surface area is 222 Å². The number of fused-ring (bicyclic) bond motifs is 1. The van der Waals surface area contributed by atoms with Crippen LogP contribution in [-0.2, 0) is 6.54 Å². The molecule has 11 heteroatoms. The average Bonchev–Trinajstić information content (AvgIpc) is 3.58. The number of rotatable bonds is 7. The van der Waals surface area contributed by atoms with Crippen LogP contribution in [0, 0.1) is 5.82 Å². The molecule has 1 atom stereocenters. The normalized spacial score (nSPS) is 15.2. The van der Waals surface area contributed by atoms with Gasteiger partial charge in [0.25, 0.3) is 0 Å². The van der Waals surface area contributed by atoms with E-state index in [4.69, 9.17) is 9.72 Å². The van der Waals surface area contributed by atoms with E-state index in [1.165, 1.54) is 23.9 Å². The summed E-state index contributed by atoms with van der Waals surface area (Å²) in [5, 5.41) is 23.9. The second-order valence-corrected chi connectivity index (χ2v) is 10.2. The summed E-state index contributed by atoms with van der Waals surface area (Å²) in [6.45, 7) is 3.51. The summed E-state index contributed by atoms with van der Waals surface area (Å²) in [5.74, 6) is 0.834. The molecule has 6 rings (SSSR count). The van der Waals surface area contributed by atoms with E-state index in [1.807, 2.05) is 30.3 Å². The lowest BCUT2D eigenvalue weighted by atomic mass is 10.0. The molecule has 3 heterocycles. The first-order valence-electron chi connectivity index (χ1n) is 12.3. The number of nitrogens with zero attached hydrogens (tertiary/aromatic N) is 7. The SMILES string of the molecule is COc1cc([C@@H](c2nnnn2Cc2ccc(F)cc2)N2CCN(c3nc4ccccc4s3)CC2)ccc1O. The van der Waals surface area contributed by atoms with Crippen LogP contribution in [0.5, 0.6) is 11.5 Å². The fourth-order valence-electron chi connectivity index (χ4n) is 4.84. The van der Waals surface area contributed by atoms with E-state index in [2.05, 4.69) is 31.4 Å². The summed E-state index contributed by atoms with van der Waals surface area (Å²) in [6, 6.07) is 19.6. The van der Waals surface area contributed by atoms with E-state index in [9.17, 15) is 9.50 Å². The van der Waals surface area contributed by atoms with E-state index in [0.29, 0.717) is 18.1 Å². The minimum atomic E-state index is -0.286. The van der Waals surface area contributed by atoms with Crippen LogP contribution in [0.3, 0.4) is 0 Å². The number of anilines is 1. The molecule has 3 aromatic carbocycles. The molecule has 1 aliphatic rings. The molecule has 0 amide bonds. The van der Waals surface area contributed by atoms with Gasteiger partial charge in [0.2, 0.25) is 0 Å². The van der Waals surface area contributed by atoms with Gasteiger partial charge in [0.15, 0.2) is 22.5 Å². The van der Waals surface area contributed by atoms with Crippen molar-refractivity contribution in [3.63, 3.8) is 0 Å². The summed E-state index contributed by atoms with van der Waals surface area (Å²) >= 11 is 1.71. The maximum Gasteiger partial charge on any atom is 0.186 e. The highest BCUT2D eigenvalue weighted by atomic mass is 32.1. The van der Waals surface area contributed by atoms with Gasteiger partial charge in [0, 0.05) is 26.2 Å². The third-order valence-electron chi connectivity index (χ3n) is 6.80. The van der Waals surface area contributed by atoms with Crippen molar-refractivity contribution >= 4 is 26.7 Å². The quantitative estimate of drug-likeness (QED) is 0.336. The molecule has 0 unspecified atom stereocenters. The van der Waals surface area contributed by atoms with Crippen LogP contribution in [0.25, 0.3) is 10.2 Å². The predicted molar refractivity (Wildman–Crippen MR) is 143 cm³/mol. The third kappa shape index (κ3) is 4.77. The summed E-state index contributed by atoms with van der Waals surface area (Å²) in [6.07, 6.45) is 0. The maximum atomic E-state index is 13.5. The molecule has 1 saturated heterocycles. The zero-order valence-electron chi connectivity index (χ0n) is 20.7. The Morgan fingerprint density at radius 3 is 2.58 bits per heavy atom. The number of ether oxygens (including phenoxy) is 1. The third-order valence-corrected chi connectivity index (χ3v) is 7.90. The van der Waals surface area contributed by atoms with Crippen LogP contribution in [0.2, 0.25) is 0 Å². The number of tetrazole rings is 1. The van der Waals surface area contributed by atoms with E-state index in [-0.39, 0.29) is 17.6 Å². The fourth-order valence-corrected chi connectivity index (χ4v) is 5.85. The second kappa shape index (κ2) is 10.3. The summed E-state index contributed by atoms with van der Waals surface area (Å²) < 4.78 is 21.8. The molecule has 9 nitrogen and oxygen atoms in total. The molecule has 1 fully saturated rings. The van der Waals surface area contributed by atoms with Gasteiger partial charge in [0.1, 0.15) is 5.82 Å². The molecule has 2 aromatic heterocycles. The van der Waals surface area contributed by atoms with Gasteiger partial charge in [-0.1, -0.05) is 41.7 Å². The van der Waals surface area contributed by atoms with Gasteiger partial charge in [-0.3, -0.25) is 4.90 Å². The molecule has 0 bridgehead atoms. The van der Waals surface area contributed by atoms with Crippen LogP contribution in [0.1, 0.15) is 23.0 Å². The minimum Gasteiger partial charge on any atom is -0.504 e. The molecular weight excluding hydrogens is 505 g/mol. The molecular formula is C27H26FN7O2S. The number of benzene rings is 3.